The molecule has 0 amide bonds. The van der Waals surface area contributed by atoms with Crippen LogP contribution in [0, 0.1) is 11.6 Å². The Hall–Kier alpha value is -4.25. The van der Waals surface area contributed by atoms with E-state index in [2.05, 4.69) is 15.1 Å². The molecule has 0 aliphatic carbocycles. The number of nitrogens with zero attached hydrogens (tertiary/aromatic N) is 5. The molecule has 3 heterocycles. The molecule has 0 N–H and O–H groups in total. The number of halogens is 4. The van der Waals surface area contributed by atoms with E-state index in [1.165, 1.54) is 28.8 Å². The highest BCUT2D eigenvalue weighted by molar-refractivity contribution is 5.83. The Labute approximate surface area is 226 Å². The summed E-state index contributed by atoms with van der Waals surface area (Å²) in [5.41, 5.74) is 2.82. The van der Waals surface area contributed by atoms with Crippen LogP contribution in [0.3, 0.4) is 0 Å². The van der Waals surface area contributed by atoms with Gasteiger partial charge in [-0.2, -0.15) is 8.78 Å². The van der Waals surface area contributed by atoms with E-state index in [0.717, 1.165) is 43.1 Å². The number of likely N-dealkylation sites (tertiary alicyclic amines) is 1. The molecule has 1 fully saturated rings. The van der Waals surface area contributed by atoms with Crippen molar-refractivity contribution in [3.63, 3.8) is 0 Å². The van der Waals surface area contributed by atoms with Gasteiger partial charge in [-0.25, -0.2) is 13.6 Å². The average Bonchev–Trinajstić information content (AvgIpc) is 3.54. The predicted octanol–water partition coefficient (Wildman–Crippen LogP) is 6.05. The van der Waals surface area contributed by atoms with Crippen LogP contribution in [0.15, 0.2) is 69.9 Å². The third-order valence-corrected chi connectivity index (χ3v) is 7.43. The standard InChI is InChI=1S/C29H25F4N5O2/c1-36-11-9-22(10-12-36)38-24-8-7-18(17-3-2-4-21(30)13-17)15-25(24)37(29(38)39)16-20-6-5-19(14-23(20)31)27-34-35-28(40-27)26(32)33/h2-8,13-15,22,26H,9-12,16H2,1H3. The molecule has 0 unspecified atom stereocenters. The molecule has 0 radical (unpaired) electrons. The van der Waals surface area contributed by atoms with Gasteiger partial charge in [-0.3, -0.25) is 9.13 Å². The monoisotopic (exact) mass is 551 g/mol. The third kappa shape index (κ3) is 4.81. The summed E-state index contributed by atoms with van der Waals surface area (Å²) in [6, 6.07) is 15.8. The largest absolute Gasteiger partial charge is 0.415 e. The number of aromatic nitrogens is 4. The fraction of sp³-hybridized carbons (Fsp3) is 0.276. The van der Waals surface area contributed by atoms with Crippen LogP contribution in [0.25, 0.3) is 33.6 Å². The lowest BCUT2D eigenvalue weighted by molar-refractivity contribution is 0.116. The van der Waals surface area contributed by atoms with Crippen molar-refractivity contribution < 1.29 is 22.0 Å². The number of hydrogen-bond donors (Lipinski definition) is 0. The number of imidazole rings is 1. The molecule has 1 saturated heterocycles. The zero-order valence-electron chi connectivity index (χ0n) is 21.5. The second-order valence-corrected chi connectivity index (χ2v) is 10.0. The Morgan fingerprint density at radius 1 is 0.925 bits per heavy atom. The van der Waals surface area contributed by atoms with Crippen LogP contribution >= 0.6 is 0 Å². The van der Waals surface area contributed by atoms with Gasteiger partial charge in [0.2, 0.25) is 5.89 Å². The SMILES string of the molecule is CN1CCC(n2c(=O)n(Cc3ccc(-c4nnc(C(F)F)o4)cc3F)c3cc(-c4cccc(F)c4)ccc32)CC1. The molecule has 3 aromatic carbocycles. The number of piperidine rings is 1. The van der Waals surface area contributed by atoms with Crippen molar-refractivity contribution in [2.45, 2.75) is 31.9 Å². The summed E-state index contributed by atoms with van der Waals surface area (Å²) in [4.78, 5) is 16.1. The summed E-state index contributed by atoms with van der Waals surface area (Å²) < 4.78 is 63.2. The van der Waals surface area contributed by atoms with Crippen molar-refractivity contribution in [1.29, 1.82) is 0 Å². The van der Waals surface area contributed by atoms with Gasteiger partial charge < -0.3 is 9.32 Å². The first-order valence-corrected chi connectivity index (χ1v) is 12.9. The van der Waals surface area contributed by atoms with Gasteiger partial charge in [0.15, 0.2) is 0 Å². The van der Waals surface area contributed by atoms with Gasteiger partial charge in [-0.05, 0) is 80.5 Å². The van der Waals surface area contributed by atoms with Gasteiger partial charge in [0.1, 0.15) is 11.6 Å². The van der Waals surface area contributed by atoms with Crippen LogP contribution in [0.2, 0.25) is 0 Å². The van der Waals surface area contributed by atoms with Gasteiger partial charge in [0, 0.05) is 17.2 Å². The minimum absolute atomic E-state index is 0.0127. The zero-order chi connectivity index (χ0) is 28.0. The maximum absolute atomic E-state index is 15.3. The summed E-state index contributed by atoms with van der Waals surface area (Å²) in [6.45, 7) is 1.63. The summed E-state index contributed by atoms with van der Waals surface area (Å²) >= 11 is 0. The minimum Gasteiger partial charge on any atom is -0.415 e. The molecule has 0 spiro atoms. The Balaban J connectivity index is 1.43. The summed E-state index contributed by atoms with van der Waals surface area (Å²) in [5.74, 6) is -2.09. The lowest BCUT2D eigenvalue weighted by atomic mass is 10.0. The first kappa shape index (κ1) is 26.0. The lowest BCUT2D eigenvalue weighted by Crippen LogP contribution is -2.36. The van der Waals surface area contributed by atoms with Crippen LogP contribution < -0.4 is 5.69 Å². The molecule has 5 aromatic rings. The number of fused-ring (bicyclic) bond motifs is 1. The third-order valence-electron chi connectivity index (χ3n) is 7.43. The molecule has 1 aliphatic heterocycles. The van der Waals surface area contributed by atoms with E-state index in [4.69, 9.17) is 4.42 Å². The highest BCUT2D eigenvalue weighted by Gasteiger charge is 2.25. The molecule has 6 rings (SSSR count). The van der Waals surface area contributed by atoms with Crippen molar-refractivity contribution >= 4 is 11.0 Å². The van der Waals surface area contributed by atoms with E-state index >= 15 is 4.39 Å². The first-order chi connectivity index (χ1) is 19.3. The van der Waals surface area contributed by atoms with Crippen LogP contribution in [0.4, 0.5) is 17.6 Å². The van der Waals surface area contributed by atoms with E-state index in [-0.39, 0.29) is 41.1 Å². The smallest absolute Gasteiger partial charge is 0.329 e. The molecule has 0 bridgehead atoms. The number of rotatable bonds is 6. The fourth-order valence-corrected chi connectivity index (χ4v) is 5.30. The van der Waals surface area contributed by atoms with E-state index in [1.54, 1.807) is 16.7 Å². The van der Waals surface area contributed by atoms with Crippen LogP contribution in [0.1, 0.15) is 36.8 Å². The lowest BCUT2D eigenvalue weighted by Gasteiger charge is -2.29. The molecule has 7 nitrogen and oxygen atoms in total. The molecule has 0 saturated carbocycles. The van der Waals surface area contributed by atoms with Crippen molar-refractivity contribution in [3.05, 3.63) is 94.2 Å². The Morgan fingerprint density at radius 2 is 1.68 bits per heavy atom. The van der Waals surface area contributed by atoms with Gasteiger partial charge in [0.05, 0.1) is 17.6 Å². The minimum atomic E-state index is -2.93. The highest BCUT2D eigenvalue weighted by Crippen LogP contribution is 2.30. The number of alkyl halides is 2. The molecule has 206 valence electrons. The normalized spacial score (nSPS) is 14.9. The zero-order valence-corrected chi connectivity index (χ0v) is 21.5. The van der Waals surface area contributed by atoms with Crippen molar-refractivity contribution in [2.24, 2.45) is 0 Å². The van der Waals surface area contributed by atoms with Crippen molar-refractivity contribution in [1.82, 2.24) is 24.2 Å². The molecular formula is C29H25F4N5O2. The fourth-order valence-electron chi connectivity index (χ4n) is 5.30. The van der Waals surface area contributed by atoms with E-state index in [0.29, 0.717) is 11.1 Å². The molecule has 2 aromatic heterocycles. The topological polar surface area (TPSA) is 69.1 Å². The predicted molar refractivity (Wildman–Crippen MR) is 141 cm³/mol. The number of benzene rings is 3. The maximum Gasteiger partial charge on any atom is 0.329 e. The van der Waals surface area contributed by atoms with Crippen molar-refractivity contribution in [2.75, 3.05) is 20.1 Å². The van der Waals surface area contributed by atoms with E-state index in [9.17, 15) is 18.0 Å². The van der Waals surface area contributed by atoms with Gasteiger partial charge in [0.25, 0.3) is 5.89 Å². The van der Waals surface area contributed by atoms with Crippen molar-refractivity contribution in [3.8, 4) is 22.6 Å². The molecule has 11 heteroatoms. The molecule has 0 atom stereocenters. The Morgan fingerprint density at radius 3 is 2.38 bits per heavy atom. The van der Waals surface area contributed by atoms with E-state index < -0.39 is 18.1 Å². The Kier molecular flexibility index (Phi) is 6.75. The molecule has 1 aliphatic rings. The van der Waals surface area contributed by atoms with Gasteiger partial charge in [-0.1, -0.05) is 24.3 Å². The average molecular weight is 552 g/mol. The van der Waals surface area contributed by atoms with Crippen LogP contribution in [0.5, 0.6) is 0 Å². The summed E-state index contributed by atoms with van der Waals surface area (Å²) in [5, 5.41) is 6.85. The molecule has 40 heavy (non-hydrogen) atoms. The second kappa shape index (κ2) is 10.4. The quantitative estimate of drug-likeness (QED) is 0.240. The second-order valence-electron chi connectivity index (χ2n) is 10.0. The van der Waals surface area contributed by atoms with Gasteiger partial charge in [-0.15, -0.1) is 10.2 Å². The Bertz CT molecular complexity index is 1750. The van der Waals surface area contributed by atoms with Gasteiger partial charge >= 0.3 is 12.1 Å². The molecular weight excluding hydrogens is 526 g/mol. The van der Waals surface area contributed by atoms with E-state index in [1.807, 2.05) is 25.2 Å². The maximum atomic E-state index is 15.3. The highest BCUT2D eigenvalue weighted by atomic mass is 19.3. The van der Waals surface area contributed by atoms with Crippen LogP contribution in [-0.4, -0.2) is 44.4 Å². The van der Waals surface area contributed by atoms with Crippen LogP contribution in [-0.2, 0) is 6.54 Å². The number of hydrogen-bond acceptors (Lipinski definition) is 5. The first-order valence-electron chi connectivity index (χ1n) is 12.9. The summed E-state index contributed by atoms with van der Waals surface area (Å²) in [7, 11) is 2.04. The summed E-state index contributed by atoms with van der Waals surface area (Å²) in [6.07, 6.45) is -1.33.